The Hall–Kier alpha value is -2.87. The van der Waals surface area contributed by atoms with Crippen molar-refractivity contribution in [1.82, 2.24) is 19.6 Å². The fourth-order valence-corrected chi connectivity index (χ4v) is 2.19. The summed E-state index contributed by atoms with van der Waals surface area (Å²) in [5.41, 5.74) is 3.97. The van der Waals surface area contributed by atoms with Crippen LogP contribution in [-0.2, 0) is 13.1 Å². The van der Waals surface area contributed by atoms with Gasteiger partial charge in [0.15, 0.2) is 5.69 Å². The average molecular weight is 277 g/mol. The number of aryl methyl sites for hydroxylation is 1. The third-order valence-corrected chi connectivity index (χ3v) is 3.23. The van der Waals surface area contributed by atoms with E-state index < -0.39 is 0 Å². The highest BCUT2D eigenvalue weighted by Gasteiger charge is 2.01. The van der Waals surface area contributed by atoms with Crippen LogP contribution in [0.5, 0.6) is 0 Å². The summed E-state index contributed by atoms with van der Waals surface area (Å²) in [5.74, 6) is 0. The SMILES string of the molecule is Cc1cnn(Cc2ccc(Cn3ccc(C#N)n3)cc2)c1. The number of nitrogens with zero attached hydrogens (tertiary/aromatic N) is 5. The van der Waals surface area contributed by atoms with Gasteiger partial charge in [0.05, 0.1) is 19.3 Å². The maximum absolute atomic E-state index is 8.76. The molecule has 5 nitrogen and oxygen atoms in total. The highest BCUT2D eigenvalue weighted by atomic mass is 15.3. The predicted molar refractivity (Wildman–Crippen MR) is 78.6 cm³/mol. The Labute approximate surface area is 123 Å². The van der Waals surface area contributed by atoms with Crippen LogP contribution in [0.4, 0.5) is 0 Å². The van der Waals surface area contributed by atoms with Crippen molar-refractivity contribution in [2.45, 2.75) is 20.0 Å². The van der Waals surface area contributed by atoms with Crippen LogP contribution >= 0.6 is 0 Å². The minimum atomic E-state index is 0.445. The molecule has 104 valence electrons. The third kappa shape index (κ3) is 3.18. The van der Waals surface area contributed by atoms with Gasteiger partial charge >= 0.3 is 0 Å². The fourth-order valence-electron chi connectivity index (χ4n) is 2.19. The molecule has 0 unspecified atom stereocenters. The Kier molecular flexibility index (Phi) is 3.52. The molecule has 3 rings (SSSR count). The van der Waals surface area contributed by atoms with E-state index >= 15 is 0 Å². The van der Waals surface area contributed by atoms with E-state index in [-0.39, 0.29) is 0 Å². The van der Waals surface area contributed by atoms with Crippen LogP contribution in [0, 0.1) is 18.3 Å². The molecule has 21 heavy (non-hydrogen) atoms. The molecule has 2 aromatic heterocycles. The van der Waals surface area contributed by atoms with Gasteiger partial charge in [-0.25, -0.2) is 0 Å². The highest BCUT2D eigenvalue weighted by Crippen LogP contribution is 2.08. The van der Waals surface area contributed by atoms with Crippen LogP contribution < -0.4 is 0 Å². The Morgan fingerprint density at radius 3 is 2.24 bits per heavy atom. The molecule has 0 N–H and O–H groups in total. The molecular formula is C16H15N5. The van der Waals surface area contributed by atoms with E-state index in [1.807, 2.05) is 36.3 Å². The zero-order chi connectivity index (χ0) is 14.7. The quantitative estimate of drug-likeness (QED) is 0.735. The minimum Gasteiger partial charge on any atom is -0.268 e. The Morgan fingerprint density at radius 1 is 1.05 bits per heavy atom. The van der Waals surface area contributed by atoms with E-state index in [2.05, 4.69) is 34.5 Å². The second-order valence-corrected chi connectivity index (χ2v) is 5.04. The Bertz CT molecular complexity index is 774. The van der Waals surface area contributed by atoms with Crippen molar-refractivity contribution < 1.29 is 0 Å². The molecule has 3 aromatic rings. The smallest absolute Gasteiger partial charge is 0.162 e. The third-order valence-electron chi connectivity index (χ3n) is 3.23. The zero-order valence-electron chi connectivity index (χ0n) is 11.8. The minimum absolute atomic E-state index is 0.445. The van der Waals surface area contributed by atoms with Crippen LogP contribution in [0.3, 0.4) is 0 Å². The average Bonchev–Trinajstić information content (AvgIpc) is 3.10. The van der Waals surface area contributed by atoms with E-state index in [0.717, 1.165) is 12.1 Å². The summed E-state index contributed by atoms with van der Waals surface area (Å²) < 4.78 is 3.70. The van der Waals surface area contributed by atoms with Crippen molar-refractivity contribution in [2.75, 3.05) is 0 Å². The lowest BCUT2D eigenvalue weighted by atomic mass is 10.1. The largest absolute Gasteiger partial charge is 0.268 e. The van der Waals surface area contributed by atoms with Crippen molar-refractivity contribution in [2.24, 2.45) is 0 Å². The summed E-state index contributed by atoms with van der Waals surface area (Å²) in [6.07, 6.45) is 5.71. The summed E-state index contributed by atoms with van der Waals surface area (Å²) in [4.78, 5) is 0. The molecule has 0 saturated carbocycles. The number of benzene rings is 1. The molecule has 0 radical (unpaired) electrons. The molecular weight excluding hydrogens is 262 g/mol. The molecule has 0 amide bonds. The lowest BCUT2D eigenvalue weighted by molar-refractivity contribution is 0.677. The molecule has 0 fully saturated rings. The molecule has 0 aliphatic carbocycles. The maximum atomic E-state index is 8.76. The summed E-state index contributed by atoms with van der Waals surface area (Å²) in [5, 5.41) is 17.2. The molecule has 0 aliphatic heterocycles. The van der Waals surface area contributed by atoms with Gasteiger partial charge in [0.25, 0.3) is 0 Å². The molecule has 0 saturated heterocycles. The molecule has 0 spiro atoms. The molecule has 0 atom stereocenters. The second kappa shape index (κ2) is 5.63. The lowest BCUT2D eigenvalue weighted by Gasteiger charge is -2.05. The van der Waals surface area contributed by atoms with Gasteiger partial charge in [-0.1, -0.05) is 24.3 Å². The molecule has 2 heterocycles. The van der Waals surface area contributed by atoms with Crippen LogP contribution in [0.2, 0.25) is 0 Å². The predicted octanol–water partition coefficient (Wildman–Crippen LogP) is 2.36. The number of nitriles is 1. The number of hydrogen-bond donors (Lipinski definition) is 0. The van der Waals surface area contributed by atoms with E-state index in [9.17, 15) is 0 Å². The Balaban J connectivity index is 1.67. The van der Waals surface area contributed by atoms with E-state index in [1.54, 1.807) is 10.7 Å². The van der Waals surface area contributed by atoms with Crippen LogP contribution in [0.15, 0.2) is 48.9 Å². The van der Waals surface area contributed by atoms with E-state index in [0.29, 0.717) is 12.2 Å². The summed E-state index contributed by atoms with van der Waals surface area (Å²) >= 11 is 0. The molecule has 0 aliphatic rings. The maximum Gasteiger partial charge on any atom is 0.162 e. The first-order chi connectivity index (χ1) is 10.2. The van der Waals surface area contributed by atoms with Crippen LogP contribution in [0.1, 0.15) is 22.4 Å². The van der Waals surface area contributed by atoms with E-state index in [1.165, 1.54) is 11.1 Å². The summed E-state index contributed by atoms with van der Waals surface area (Å²) in [6.45, 7) is 3.48. The number of rotatable bonds is 4. The zero-order valence-corrected chi connectivity index (χ0v) is 11.8. The van der Waals surface area contributed by atoms with Crippen molar-refractivity contribution in [3.05, 3.63) is 71.3 Å². The topological polar surface area (TPSA) is 59.4 Å². The van der Waals surface area contributed by atoms with E-state index in [4.69, 9.17) is 5.26 Å². The van der Waals surface area contributed by atoms with Crippen molar-refractivity contribution >= 4 is 0 Å². The van der Waals surface area contributed by atoms with Gasteiger partial charge in [-0.15, -0.1) is 0 Å². The van der Waals surface area contributed by atoms with Gasteiger partial charge in [0, 0.05) is 12.4 Å². The first kappa shape index (κ1) is 13.1. The van der Waals surface area contributed by atoms with Gasteiger partial charge in [-0.3, -0.25) is 9.36 Å². The summed E-state index contributed by atoms with van der Waals surface area (Å²) in [7, 11) is 0. The fraction of sp³-hybridized carbons (Fsp3) is 0.188. The van der Waals surface area contributed by atoms with Crippen molar-refractivity contribution in [1.29, 1.82) is 5.26 Å². The van der Waals surface area contributed by atoms with Gasteiger partial charge in [0.2, 0.25) is 0 Å². The normalized spacial score (nSPS) is 10.5. The first-order valence-electron chi connectivity index (χ1n) is 6.73. The molecule has 0 bridgehead atoms. The number of hydrogen-bond acceptors (Lipinski definition) is 3. The van der Waals surface area contributed by atoms with Crippen molar-refractivity contribution in [3.63, 3.8) is 0 Å². The first-order valence-corrected chi connectivity index (χ1v) is 6.73. The van der Waals surface area contributed by atoms with Crippen LogP contribution in [-0.4, -0.2) is 19.6 Å². The van der Waals surface area contributed by atoms with Gasteiger partial charge in [-0.2, -0.15) is 15.5 Å². The van der Waals surface area contributed by atoms with Crippen LogP contribution in [0.25, 0.3) is 0 Å². The molecule has 1 aromatic carbocycles. The molecule has 5 heteroatoms. The second-order valence-electron chi connectivity index (χ2n) is 5.04. The van der Waals surface area contributed by atoms with Crippen molar-refractivity contribution in [3.8, 4) is 6.07 Å². The van der Waals surface area contributed by atoms with Gasteiger partial charge < -0.3 is 0 Å². The monoisotopic (exact) mass is 277 g/mol. The number of aromatic nitrogens is 4. The standard InChI is InChI=1S/C16H15N5/c1-13-9-18-21(10-13)12-15-4-2-14(3-5-15)11-20-7-6-16(8-17)19-20/h2-7,9-10H,11-12H2,1H3. The Morgan fingerprint density at radius 2 is 1.71 bits per heavy atom. The summed E-state index contributed by atoms with van der Waals surface area (Å²) in [6, 6.07) is 12.1. The van der Waals surface area contributed by atoms with Gasteiger partial charge in [0.1, 0.15) is 6.07 Å². The van der Waals surface area contributed by atoms with Gasteiger partial charge in [-0.05, 0) is 29.7 Å². The lowest BCUT2D eigenvalue weighted by Crippen LogP contribution is -2.02. The highest BCUT2D eigenvalue weighted by molar-refractivity contribution is 5.24.